The maximum atomic E-state index is 5.72. The summed E-state index contributed by atoms with van der Waals surface area (Å²) in [5.41, 5.74) is 0. The molecule has 2 aromatic heterocycles. The molecule has 1 saturated heterocycles. The summed E-state index contributed by atoms with van der Waals surface area (Å²) in [7, 11) is 1.65. The molecule has 0 amide bonds. The van der Waals surface area contributed by atoms with Crippen LogP contribution in [0.4, 0.5) is 5.13 Å². The lowest BCUT2D eigenvalue weighted by atomic mass is 9.99. The van der Waals surface area contributed by atoms with Crippen molar-refractivity contribution < 1.29 is 9.47 Å². The van der Waals surface area contributed by atoms with E-state index in [1.165, 1.54) is 11.5 Å². The van der Waals surface area contributed by atoms with Crippen LogP contribution in [0.3, 0.4) is 0 Å². The van der Waals surface area contributed by atoms with E-state index in [1.807, 2.05) is 0 Å². The first-order valence-corrected chi connectivity index (χ1v) is 8.08. The molecule has 0 aromatic carbocycles. The van der Waals surface area contributed by atoms with E-state index in [9.17, 15) is 0 Å². The van der Waals surface area contributed by atoms with Crippen LogP contribution in [0.15, 0.2) is 18.6 Å². The second-order valence-electron chi connectivity index (χ2n) is 5.24. The number of anilines is 1. The molecule has 0 bridgehead atoms. The molecule has 0 N–H and O–H groups in total. The van der Waals surface area contributed by atoms with Gasteiger partial charge < -0.3 is 14.4 Å². The molecule has 0 aliphatic carbocycles. The highest BCUT2D eigenvalue weighted by Crippen LogP contribution is 2.25. The van der Waals surface area contributed by atoms with Crippen LogP contribution in [0.1, 0.15) is 18.7 Å². The standard InChI is InChI=1S/C14H19N5O2S/c1-20-10-12-17-14(22-18-12)19-6-2-3-11(8-19)9-21-13-7-15-4-5-16-13/h4-5,7,11H,2-3,6,8-10H2,1H3. The minimum absolute atomic E-state index is 0.462. The summed E-state index contributed by atoms with van der Waals surface area (Å²) in [6.07, 6.45) is 7.21. The first-order chi connectivity index (χ1) is 10.8. The second-order valence-corrected chi connectivity index (χ2v) is 5.97. The van der Waals surface area contributed by atoms with Gasteiger partial charge in [0.25, 0.3) is 0 Å². The average molecular weight is 321 g/mol. The Morgan fingerprint density at radius 3 is 3.18 bits per heavy atom. The fourth-order valence-corrected chi connectivity index (χ4v) is 3.21. The van der Waals surface area contributed by atoms with Crippen LogP contribution < -0.4 is 9.64 Å². The molecule has 118 valence electrons. The van der Waals surface area contributed by atoms with Crippen LogP contribution in [0.5, 0.6) is 5.88 Å². The smallest absolute Gasteiger partial charge is 0.232 e. The predicted molar refractivity (Wildman–Crippen MR) is 83.1 cm³/mol. The maximum absolute atomic E-state index is 5.72. The van der Waals surface area contributed by atoms with Gasteiger partial charge in [0.15, 0.2) is 5.82 Å². The van der Waals surface area contributed by atoms with Gasteiger partial charge in [-0.15, -0.1) is 0 Å². The van der Waals surface area contributed by atoms with Crippen molar-refractivity contribution >= 4 is 16.7 Å². The van der Waals surface area contributed by atoms with Gasteiger partial charge in [-0.25, -0.2) is 9.97 Å². The van der Waals surface area contributed by atoms with Gasteiger partial charge in [-0.2, -0.15) is 4.37 Å². The molecule has 0 spiro atoms. The number of methoxy groups -OCH3 is 1. The summed E-state index contributed by atoms with van der Waals surface area (Å²) in [6.45, 7) is 3.06. The van der Waals surface area contributed by atoms with Gasteiger partial charge in [-0.1, -0.05) is 0 Å². The van der Waals surface area contributed by atoms with Crippen molar-refractivity contribution in [2.75, 3.05) is 31.7 Å². The topological polar surface area (TPSA) is 73.3 Å². The van der Waals surface area contributed by atoms with Gasteiger partial charge in [-0.05, 0) is 12.8 Å². The van der Waals surface area contributed by atoms with Crippen molar-refractivity contribution in [1.82, 2.24) is 19.3 Å². The van der Waals surface area contributed by atoms with E-state index < -0.39 is 0 Å². The minimum Gasteiger partial charge on any atom is -0.476 e. The quantitative estimate of drug-likeness (QED) is 0.802. The van der Waals surface area contributed by atoms with E-state index in [0.717, 1.165) is 36.9 Å². The Labute approximate surface area is 133 Å². The van der Waals surface area contributed by atoms with Crippen molar-refractivity contribution in [3.8, 4) is 5.88 Å². The molecule has 8 heteroatoms. The lowest BCUT2D eigenvalue weighted by Crippen LogP contribution is -2.37. The number of hydrogen-bond acceptors (Lipinski definition) is 8. The van der Waals surface area contributed by atoms with Gasteiger partial charge in [-0.3, -0.25) is 4.98 Å². The number of ether oxygens (including phenoxy) is 2. The van der Waals surface area contributed by atoms with Gasteiger partial charge in [0, 0.05) is 50.0 Å². The first-order valence-electron chi connectivity index (χ1n) is 7.30. The van der Waals surface area contributed by atoms with Gasteiger partial charge in [0.1, 0.15) is 6.61 Å². The zero-order chi connectivity index (χ0) is 15.2. The van der Waals surface area contributed by atoms with Crippen LogP contribution in [0.25, 0.3) is 0 Å². The Morgan fingerprint density at radius 1 is 1.41 bits per heavy atom. The van der Waals surface area contributed by atoms with Gasteiger partial charge >= 0.3 is 0 Å². The fourth-order valence-electron chi connectivity index (χ4n) is 2.50. The van der Waals surface area contributed by atoms with Crippen molar-refractivity contribution in [3.05, 3.63) is 24.4 Å². The van der Waals surface area contributed by atoms with E-state index >= 15 is 0 Å². The minimum atomic E-state index is 0.462. The maximum Gasteiger partial charge on any atom is 0.232 e. The Balaban J connectivity index is 1.54. The summed E-state index contributed by atoms with van der Waals surface area (Å²) in [5.74, 6) is 1.80. The molecule has 7 nitrogen and oxygen atoms in total. The predicted octanol–water partition coefficient (Wildman–Crippen LogP) is 1.77. The Hall–Kier alpha value is -1.80. The van der Waals surface area contributed by atoms with Crippen molar-refractivity contribution in [2.24, 2.45) is 5.92 Å². The molecule has 2 aromatic rings. The Morgan fingerprint density at radius 2 is 2.36 bits per heavy atom. The second kappa shape index (κ2) is 7.46. The molecule has 1 atom stereocenters. The number of rotatable bonds is 6. The van der Waals surface area contributed by atoms with Crippen LogP contribution in [-0.2, 0) is 11.3 Å². The molecular formula is C14H19N5O2S. The van der Waals surface area contributed by atoms with E-state index in [1.54, 1.807) is 25.7 Å². The molecule has 1 aliphatic rings. The first kappa shape index (κ1) is 15.1. The molecular weight excluding hydrogens is 302 g/mol. The molecule has 3 rings (SSSR count). The fraction of sp³-hybridized carbons (Fsp3) is 0.571. The Bertz CT molecular complexity index is 580. The van der Waals surface area contributed by atoms with Crippen LogP contribution in [-0.4, -0.2) is 46.1 Å². The third-order valence-corrected chi connectivity index (χ3v) is 4.34. The molecule has 0 saturated carbocycles. The summed E-state index contributed by atoms with van der Waals surface area (Å²) < 4.78 is 15.1. The third kappa shape index (κ3) is 3.89. The summed E-state index contributed by atoms with van der Waals surface area (Å²) in [6, 6.07) is 0. The number of aromatic nitrogens is 4. The highest BCUT2D eigenvalue weighted by atomic mass is 32.1. The summed E-state index contributed by atoms with van der Waals surface area (Å²) in [5, 5.41) is 0.969. The number of hydrogen-bond donors (Lipinski definition) is 0. The normalized spacial score (nSPS) is 18.4. The lowest BCUT2D eigenvalue weighted by Gasteiger charge is -2.31. The number of nitrogens with zero attached hydrogens (tertiary/aromatic N) is 5. The van der Waals surface area contributed by atoms with E-state index in [-0.39, 0.29) is 0 Å². The van der Waals surface area contributed by atoms with Gasteiger partial charge in [0.2, 0.25) is 11.0 Å². The highest BCUT2D eigenvalue weighted by molar-refractivity contribution is 7.09. The largest absolute Gasteiger partial charge is 0.476 e. The molecule has 1 fully saturated rings. The van der Waals surface area contributed by atoms with Crippen LogP contribution in [0.2, 0.25) is 0 Å². The zero-order valence-corrected chi connectivity index (χ0v) is 13.3. The van der Waals surface area contributed by atoms with Gasteiger partial charge in [0.05, 0.1) is 12.8 Å². The Kier molecular flexibility index (Phi) is 5.12. The van der Waals surface area contributed by atoms with Crippen molar-refractivity contribution in [3.63, 3.8) is 0 Å². The van der Waals surface area contributed by atoms with E-state index in [4.69, 9.17) is 9.47 Å². The molecule has 0 radical (unpaired) electrons. The monoisotopic (exact) mass is 321 g/mol. The van der Waals surface area contributed by atoms with Crippen LogP contribution >= 0.6 is 11.5 Å². The SMILES string of the molecule is COCc1nsc(N2CCCC(COc3cnccn3)C2)n1. The molecule has 1 aliphatic heterocycles. The van der Waals surface area contributed by atoms with Crippen LogP contribution in [0, 0.1) is 5.92 Å². The summed E-state index contributed by atoms with van der Waals surface area (Å²) >= 11 is 1.43. The molecule has 3 heterocycles. The molecule has 1 unspecified atom stereocenters. The average Bonchev–Trinajstić information content (AvgIpc) is 3.03. The third-order valence-electron chi connectivity index (χ3n) is 3.53. The van der Waals surface area contributed by atoms with E-state index in [0.29, 0.717) is 25.0 Å². The number of piperidine rings is 1. The zero-order valence-electron chi connectivity index (χ0n) is 12.5. The van der Waals surface area contributed by atoms with Crippen molar-refractivity contribution in [2.45, 2.75) is 19.4 Å². The highest BCUT2D eigenvalue weighted by Gasteiger charge is 2.23. The summed E-state index contributed by atoms with van der Waals surface area (Å²) in [4.78, 5) is 14.9. The van der Waals surface area contributed by atoms with Crippen molar-refractivity contribution in [1.29, 1.82) is 0 Å². The molecule has 22 heavy (non-hydrogen) atoms. The van der Waals surface area contributed by atoms with E-state index in [2.05, 4.69) is 24.2 Å². The lowest BCUT2D eigenvalue weighted by molar-refractivity contribution is 0.179.